The lowest BCUT2D eigenvalue weighted by molar-refractivity contribution is 0.611. The minimum Gasteiger partial charge on any atom is -0.452 e. The summed E-state index contributed by atoms with van der Waals surface area (Å²) in [7, 11) is 0. The summed E-state index contributed by atoms with van der Waals surface area (Å²) in [5, 5.41) is 3.23. The zero-order valence-electron chi connectivity index (χ0n) is 16.4. The summed E-state index contributed by atoms with van der Waals surface area (Å²) in [6, 6.07) is 14.7. The van der Waals surface area contributed by atoms with E-state index in [1.807, 2.05) is 25.1 Å². The third-order valence-corrected chi connectivity index (χ3v) is 5.19. The Labute approximate surface area is 159 Å². The van der Waals surface area contributed by atoms with E-state index in [1.165, 1.54) is 11.1 Å². The quantitative estimate of drug-likeness (QED) is 0.373. The number of anilines is 1. The Kier molecular flexibility index (Phi) is 4.56. The van der Waals surface area contributed by atoms with Crippen molar-refractivity contribution < 1.29 is 4.42 Å². The van der Waals surface area contributed by atoms with Gasteiger partial charge in [-0.05, 0) is 69.5 Å². The molecule has 2 aromatic carbocycles. The lowest BCUT2D eigenvalue weighted by Gasteiger charge is -2.21. The number of fused-ring (bicyclic) bond motifs is 4. The van der Waals surface area contributed by atoms with Gasteiger partial charge in [-0.3, -0.25) is 4.99 Å². The molecular weight excluding hydrogens is 334 g/mol. The Hall–Kier alpha value is -2.88. The molecule has 0 fully saturated rings. The zero-order valence-corrected chi connectivity index (χ0v) is 16.4. The van der Waals surface area contributed by atoms with Gasteiger partial charge in [0.25, 0.3) is 0 Å². The van der Waals surface area contributed by atoms with E-state index in [2.05, 4.69) is 54.9 Å². The number of benzene rings is 3. The minimum absolute atomic E-state index is 0.754. The van der Waals surface area contributed by atoms with Gasteiger partial charge in [-0.15, -0.1) is 0 Å². The maximum Gasteiger partial charge on any atom is 0.160 e. The van der Waals surface area contributed by atoms with E-state index >= 15 is 0 Å². The first-order chi connectivity index (χ1) is 13.2. The van der Waals surface area contributed by atoms with Gasteiger partial charge in [0, 0.05) is 36.3 Å². The lowest BCUT2D eigenvalue weighted by atomic mass is 10.1. The molecule has 0 spiro atoms. The maximum absolute atomic E-state index is 6.39. The molecule has 2 aromatic rings. The van der Waals surface area contributed by atoms with Crippen LogP contribution in [0.15, 0.2) is 51.9 Å². The first-order valence-corrected chi connectivity index (χ1v) is 9.68. The SMILES string of the molecule is CCN=c1ccc2nc3ccc4cc(N(CC)CC)ccc4c3oc-2c1C. The molecular formula is C23H25N3O. The van der Waals surface area contributed by atoms with Gasteiger partial charge in [-0.1, -0.05) is 6.07 Å². The Morgan fingerprint density at radius 1 is 1.00 bits per heavy atom. The van der Waals surface area contributed by atoms with Gasteiger partial charge < -0.3 is 9.32 Å². The van der Waals surface area contributed by atoms with Crippen molar-refractivity contribution in [1.82, 2.24) is 4.98 Å². The van der Waals surface area contributed by atoms with Crippen LogP contribution in [0.2, 0.25) is 0 Å². The van der Waals surface area contributed by atoms with E-state index in [4.69, 9.17) is 9.40 Å². The van der Waals surface area contributed by atoms with Gasteiger partial charge in [0.1, 0.15) is 11.2 Å². The second kappa shape index (κ2) is 7.03. The summed E-state index contributed by atoms with van der Waals surface area (Å²) in [6.45, 7) is 11.2. The minimum atomic E-state index is 0.754. The van der Waals surface area contributed by atoms with Crippen molar-refractivity contribution in [2.75, 3.05) is 24.5 Å². The molecule has 0 amide bonds. The fourth-order valence-corrected chi connectivity index (χ4v) is 3.72. The van der Waals surface area contributed by atoms with Crippen LogP contribution < -0.4 is 10.3 Å². The molecule has 1 aliphatic carbocycles. The van der Waals surface area contributed by atoms with E-state index in [0.717, 1.165) is 58.5 Å². The van der Waals surface area contributed by atoms with E-state index in [9.17, 15) is 0 Å². The number of nitrogens with zero attached hydrogens (tertiary/aromatic N) is 3. The fraction of sp³-hybridized carbons (Fsp3) is 0.304. The zero-order chi connectivity index (χ0) is 19.0. The molecule has 0 radical (unpaired) electrons. The average Bonchev–Trinajstić information content (AvgIpc) is 2.70. The van der Waals surface area contributed by atoms with Crippen LogP contribution in [0, 0.1) is 6.92 Å². The van der Waals surface area contributed by atoms with Gasteiger partial charge in [-0.25, -0.2) is 4.98 Å². The van der Waals surface area contributed by atoms with Crippen LogP contribution in [-0.2, 0) is 0 Å². The monoisotopic (exact) mass is 359 g/mol. The summed E-state index contributed by atoms with van der Waals surface area (Å²) >= 11 is 0. The summed E-state index contributed by atoms with van der Waals surface area (Å²) in [5.41, 5.74) is 4.86. The molecule has 1 heterocycles. The second-order valence-corrected chi connectivity index (χ2v) is 6.74. The molecule has 0 unspecified atom stereocenters. The molecule has 138 valence electrons. The highest BCUT2D eigenvalue weighted by Gasteiger charge is 2.15. The van der Waals surface area contributed by atoms with Crippen molar-refractivity contribution >= 4 is 27.6 Å². The van der Waals surface area contributed by atoms with Crippen molar-refractivity contribution in [2.45, 2.75) is 27.7 Å². The molecule has 4 nitrogen and oxygen atoms in total. The van der Waals surface area contributed by atoms with E-state index in [-0.39, 0.29) is 0 Å². The highest BCUT2D eigenvalue weighted by atomic mass is 16.3. The Balaban J connectivity index is 2.00. The topological polar surface area (TPSA) is 41.6 Å². The predicted molar refractivity (Wildman–Crippen MR) is 113 cm³/mol. The molecule has 0 atom stereocenters. The van der Waals surface area contributed by atoms with Gasteiger partial charge in [0.05, 0.1) is 5.36 Å². The molecule has 4 rings (SSSR count). The Morgan fingerprint density at radius 2 is 1.81 bits per heavy atom. The summed E-state index contributed by atoms with van der Waals surface area (Å²) in [5.74, 6) is 0.817. The van der Waals surface area contributed by atoms with E-state index in [0.29, 0.717) is 0 Å². The van der Waals surface area contributed by atoms with Crippen LogP contribution in [0.3, 0.4) is 0 Å². The summed E-state index contributed by atoms with van der Waals surface area (Å²) in [4.78, 5) is 11.7. The molecule has 1 aliphatic heterocycles. The standard InChI is InChI=1S/C23H25N3O/c1-5-24-19-12-13-20-22(15(19)4)27-23-18-10-9-17(26(6-2)7-3)14-16(18)8-11-21(23)25-20/h8-14H,5-7H2,1-4H3. The molecule has 4 heteroatoms. The van der Waals surface area contributed by atoms with Crippen LogP contribution in [0.5, 0.6) is 0 Å². The van der Waals surface area contributed by atoms with Gasteiger partial charge >= 0.3 is 0 Å². The van der Waals surface area contributed by atoms with Gasteiger partial charge in [0.2, 0.25) is 0 Å². The van der Waals surface area contributed by atoms with Crippen LogP contribution in [-0.4, -0.2) is 24.6 Å². The average molecular weight is 359 g/mol. The second-order valence-electron chi connectivity index (χ2n) is 6.74. The van der Waals surface area contributed by atoms with Crippen LogP contribution in [0.1, 0.15) is 26.3 Å². The molecule has 0 saturated heterocycles. The fourth-order valence-electron chi connectivity index (χ4n) is 3.72. The number of aromatic nitrogens is 1. The highest BCUT2D eigenvalue weighted by molar-refractivity contribution is 6.04. The third kappa shape index (κ3) is 2.95. The third-order valence-electron chi connectivity index (χ3n) is 5.19. The first-order valence-electron chi connectivity index (χ1n) is 9.68. The van der Waals surface area contributed by atoms with E-state index < -0.39 is 0 Å². The predicted octanol–water partition coefficient (Wildman–Crippen LogP) is 5.16. The molecule has 0 bridgehead atoms. The molecule has 2 aliphatic rings. The molecule has 0 saturated carbocycles. The van der Waals surface area contributed by atoms with Crippen molar-refractivity contribution in [3.05, 3.63) is 53.4 Å². The molecule has 27 heavy (non-hydrogen) atoms. The molecule has 0 aromatic heterocycles. The number of rotatable bonds is 4. The van der Waals surface area contributed by atoms with Crippen LogP contribution in [0.25, 0.3) is 33.3 Å². The molecule has 0 N–H and O–H groups in total. The van der Waals surface area contributed by atoms with Gasteiger partial charge in [-0.2, -0.15) is 0 Å². The number of hydrogen-bond donors (Lipinski definition) is 0. The number of hydrogen-bond acceptors (Lipinski definition) is 4. The van der Waals surface area contributed by atoms with Crippen LogP contribution >= 0.6 is 0 Å². The Bertz CT molecular complexity index is 1160. The van der Waals surface area contributed by atoms with Crippen molar-refractivity contribution in [2.24, 2.45) is 4.99 Å². The van der Waals surface area contributed by atoms with Crippen molar-refractivity contribution in [3.8, 4) is 11.5 Å². The van der Waals surface area contributed by atoms with Crippen LogP contribution in [0.4, 0.5) is 5.69 Å². The highest BCUT2D eigenvalue weighted by Crippen LogP contribution is 2.32. The lowest BCUT2D eigenvalue weighted by Crippen LogP contribution is -2.21. The van der Waals surface area contributed by atoms with Crippen molar-refractivity contribution in [1.29, 1.82) is 0 Å². The van der Waals surface area contributed by atoms with Gasteiger partial charge in [0.15, 0.2) is 11.3 Å². The smallest absolute Gasteiger partial charge is 0.160 e. The summed E-state index contributed by atoms with van der Waals surface area (Å²) < 4.78 is 6.39. The first kappa shape index (κ1) is 17.5. The largest absolute Gasteiger partial charge is 0.452 e. The normalized spacial score (nSPS) is 12.4. The van der Waals surface area contributed by atoms with Crippen molar-refractivity contribution in [3.63, 3.8) is 0 Å². The Morgan fingerprint density at radius 3 is 2.56 bits per heavy atom. The summed E-state index contributed by atoms with van der Waals surface area (Å²) in [6.07, 6.45) is 0. The van der Waals surface area contributed by atoms with E-state index in [1.54, 1.807) is 0 Å². The maximum atomic E-state index is 6.39.